The van der Waals surface area contributed by atoms with E-state index in [1.807, 2.05) is 0 Å². The summed E-state index contributed by atoms with van der Waals surface area (Å²) in [6.45, 7) is 13.3. The Labute approximate surface area is 212 Å². The molecule has 3 N–H and O–H groups in total. The Morgan fingerprint density at radius 3 is 1.78 bits per heavy atom. The van der Waals surface area contributed by atoms with Crippen LogP contribution in [-0.2, 0) is 19.2 Å². The zero-order chi connectivity index (χ0) is 28.1. The topological polar surface area (TPSA) is 163 Å². The van der Waals surface area contributed by atoms with Gasteiger partial charge in [-0.15, -0.1) is 0 Å². The molecule has 1 atom stereocenters. The van der Waals surface area contributed by atoms with E-state index in [1.165, 1.54) is 0 Å². The zero-order valence-electron chi connectivity index (χ0n) is 19.7. The summed E-state index contributed by atoms with van der Waals surface area (Å²) in [5.41, 5.74) is -4.33. The molecule has 0 unspecified atom stereocenters. The van der Waals surface area contributed by atoms with Gasteiger partial charge in [-0.3, -0.25) is 28.8 Å². The fraction of sp³-hybridized carbons (Fsp3) is 0.143. The monoisotopic (exact) mass is 504 g/mol. The first-order valence-electron chi connectivity index (χ1n) is 10.8. The van der Waals surface area contributed by atoms with Gasteiger partial charge in [0.05, 0.1) is 17.2 Å². The minimum absolute atomic E-state index is 0.341. The summed E-state index contributed by atoms with van der Waals surface area (Å²) in [4.78, 5) is 76.6. The molecule has 190 valence electrons. The molecule has 0 aromatic heterocycles. The van der Waals surface area contributed by atoms with Gasteiger partial charge in [-0.05, 0) is 54.5 Å². The Hall–Kier alpha value is -4.76. The minimum Gasteiger partial charge on any atom is -0.507 e. The van der Waals surface area contributed by atoms with Gasteiger partial charge in [-0.1, -0.05) is 32.4 Å². The third kappa shape index (κ3) is 4.98. The highest BCUT2D eigenvalue weighted by Crippen LogP contribution is 2.38. The average molecular weight is 504 g/mol. The molecule has 1 aromatic carbocycles. The first-order chi connectivity index (χ1) is 17.4. The van der Waals surface area contributed by atoms with Crippen molar-refractivity contribution in [1.82, 2.24) is 0 Å². The third-order valence-corrected chi connectivity index (χ3v) is 5.87. The van der Waals surface area contributed by atoms with E-state index in [-0.39, 0.29) is 5.57 Å². The fourth-order valence-electron chi connectivity index (χ4n) is 4.03. The molecule has 0 radical (unpaired) electrons. The van der Waals surface area contributed by atoms with E-state index in [1.54, 1.807) is 0 Å². The number of carbonyl (C=O) groups excluding carboxylic acids is 6. The van der Waals surface area contributed by atoms with Crippen molar-refractivity contribution in [3.8, 4) is 11.5 Å². The SMILES string of the molecule is C=CC(=O)CC(=CC[C@@H](O)C1=CC(=O)c2c(O)ccc(O)c2C1=O)C(C(=O)C=C)(C(=O)C=C)C(=O)C=C. The van der Waals surface area contributed by atoms with Crippen LogP contribution in [0.1, 0.15) is 33.6 Å². The molecular formula is C28H24O9. The van der Waals surface area contributed by atoms with Crippen molar-refractivity contribution in [3.63, 3.8) is 0 Å². The Kier molecular flexibility index (Phi) is 8.71. The van der Waals surface area contributed by atoms with Gasteiger partial charge < -0.3 is 15.3 Å². The lowest BCUT2D eigenvalue weighted by atomic mass is 9.67. The Morgan fingerprint density at radius 2 is 1.32 bits per heavy atom. The van der Waals surface area contributed by atoms with Crippen LogP contribution in [0.15, 0.2) is 86.1 Å². The van der Waals surface area contributed by atoms with Crippen molar-refractivity contribution in [1.29, 1.82) is 0 Å². The number of aromatic hydroxyl groups is 2. The molecule has 0 amide bonds. The molecule has 2 rings (SSSR count). The maximum atomic E-state index is 13.0. The molecular weight excluding hydrogens is 480 g/mol. The summed E-state index contributed by atoms with van der Waals surface area (Å²) < 4.78 is 0. The summed E-state index contributed by atoms with van der Waals surface area (Å²) in [5.74, 6) is -6.84. The molecule has 1 aliphatic carbocycles. The Morgan fingerprint density at radius 1 is 0.838 bits per heavy atom. The van der Waals surface area contributed by atoms with Gasteiger partial charge in [0.15, 0.2) is 40.1 Å². The number of aliphatic hydroxyl groups excluding tert-OH is 1. The van der Waals surface area contributed by atoms with E-state index in [0.717, 1.165) is 48.6 Å². The van der Waals surface area contributed by atoms with Crippen molar-refractivity contribution in [2.75, 3.05) is 0 Å². The molecule has 0 heterocycles. The van der Waals surface area contributed by atoms with Crippen molar-refractivity contribution in [2.45, 2.75) is 18.9 Å². The van der Waals surface area contributed by atoms with Crippen LogP contribution >= 0.6 is 0 Å². The highest BCUT2D eigenvalue weighted by atomic mass is 16.3. The molecule has 1 aromatic rings. The van der Waals surface area contributed by atoms with Crippen LogP contribution in [-0.4, -0.2) is 56.1 Å². The molecule has 9 heteroatoms. The molecule has 0 saturated carbocycles. The molecule has 0 saturated heterocycles. The number of benzene rings is 1. The number of hydrogen-bond acceptors (Lipinski definition) is 9. The first kappa shape index (κ1) is 28.5. The predicted molar refractivity (Wildman–Crippen MR) is 133 cm³/mol. The lowest BCUT2D eigenvalue weighted by molar-refractivity contribution is -0.140. The number of carbonyl (C=O) groups is 6. The highest BCUT2D eigenvalue weighted by molar-refractivity contribution is 6.34. The van der Waals surface area contributed by atoms with Crippen LogP contribution in [0.25, 0.3) is 0 Å². The Bertz CT molecular complexity index is 1290. The van der Waals surface area contributed by atoms with Crippen molar-refractivity contribution in [2.24, 2.45) is 5.41 Å². The number of aliphatic hydroxyl groups is 1. The van der Waals surface area contributed by atoms with E-state index < -0.39 is 87.3 Å². The third-order valence-electron chi connectivity index (χ3n) is 5.87. The summed E-state index contributed by atoms with van der Waals surface area (Å²) in [6.07, 6.45) is 2.00. The minimum atomic E-state index is -2.58. The number of Topliss-reactive ketones (excluding diaryl/α,β-unsaturated/α-hetero) is 1. The lowest BCUT2D eigenvalue weighted by Crippen LogP contribution is -2.46. The number of fused-ring (bicyclic) bond motifs is 1. The lowest BCUT2D eigenvalue weighted by Gasteiger charge is -2.29. The van der Waals surface area contributed by atoms with Crippen molar-refractivity contribution in [3.05, 3.63) is 97.2 Å². The number of hydrogen-bond donors (Lipinski definition) is 3. The number of phenolic OH excluding ortho intramolecular Hbond substituents is 2. The van der Waals surface area contributed by atoms with Gasteiger partial charge in [0.1, 0.15) is 11.5 Å². The van der Waals surface area contributed by atoms with E-state index in [4.69, 9.17) is 0 Å². The Balaban J connectivity index is 2.67. The van der Waals surface area contributed by atoms with Crippen molar-refractivity contribution < 1.29 is 44.1 Å². The van der Waals surface area contributed by atoms with Gasteiger partial charge in [0.25, 0.3) is 0 Å². The molecule has 1 aliphatic rings. The van der Waals surface area contributed by atoms with Gasteiger partial charge in [0, 0.05) is 12.0 Å². The first-order valence-corrected chi connectivity index (χ1v) is 10.8. The second-order valence-electron chi connectivity index (χ2n) is 7.93. The normalized spacial score (nSPS) is 14.1. The molecule has 9 nitrogen and oxygen atoms in total. The second kappa shape index (κ2) is 11.3. The second-order valence-corrected chi connectivity index (χ2v) is 7.93. The van der Waals surface area contributed by atoms with Gasteiger partial charge in [-0.25, -0.2) is 0 Å². The largest absolute Gasteiger partial charge is 0.507 e. The van der Waals surface area contributed by atoms with E-state index in [2.05, 4.69) is 26.3 Å². The van der Waals surface area contributed by atoms with Gasteiger partial charge >= 0.3 is 0 Å². The maximum Gasteiger partial charge on any atom is 0.196 e. The fourth-order valence-corrected chi connectivity index (χ4v) is 4.03. The number of ketones is 6. The number of phenols is 2. The zero-order valence-corrected chi connectivity index (χ0v) is 19.7. The van der Waals surface area contributed by atoms with E-state index >= 15 is 0 Å². The summed E-state index contributed by atoms with van der Waals surface area (Å²) >= 11 is 0. The maximum absolute atomic E-state index is 13.0. The molecule has 37 heavy (non-hydrogen) atoms. The van der Waals surface area contributed by atoms with Crippen molar-refractivity contribution >= 4 is 34.7 Å². The smallest absolute Gasteiger partial charge is 0.196 e. The standard InChI is InChI=1S/C28H24O9/c1-5-16(29)13-15(28(22(34)6-2,23(35)7-3)24(36)8-4)9-10-18(30)17-14-21(33)25-19(31)11-12-20(32)26(25)27(17)37/h5-9,11-12,14,18,30-32H,1-4,10,13H2/t18-/m1/s1. The number of rotatable bonds is 13. The molecule has 0 spiro atoms. The van der Waals surface area contributed by atoms with E-state index in [9.17, 15) is 44.1 Å². The van der Waals surface area contributed by atoms with Gasteiger partial charge in [-0.2, -0.15) is 0 Å². The quantitative estimate of drug-likeness (QED) is 0.158. The van der Waals surface area contributed by atoms with Gasteiger partial charge in [0.2, 0.25) is 0 Å². The summed E-state index contributed by atoms with van der Waals surface area (Å²) in [7, 11) is 0. The van der Waals surface area contributed by atoms with Crippen LogP contribution in [0.4, 0.5) is 0 Å². The van der Waals surface area contributed by atoms with Crippen LogP contribution in [0.5, 0.6) is 11.5 Å². The summed E-state index contributed by atoms with van der Waals surface area (Å²) in [6, 6.07) is 2.04. The van der Waals surface area contributed by atoms with Crippen LogP contribution in [0, 0.1) is 5.41 Å². The number of allylic oxidation sites excluding steroid dienone is 6. The highest BCUT2D eigenvalue weighted by Gasteiger charge is 2.51. The van der Waals surface area contributed by atoms with Crippen LogP contribution in [0.2, 0.25) is 0 Å². The molecule has 0 fully saturated rings. The predicted octanol–water partition coefficient (Wildman–Crippen LogP) is 2.48. The average Bonchev–Trinajstić information content (AvgIpc) is 2.89. The molecule has 0 aliphatic heterocycles. The van der Waals surface area contributed by atoms with E-state index in [0.29, 0.717) is 0 Å². The molecule has 0 bridgehead atoms. The summed E-state index contributed by atoms with van der Waals surface area (Å²) in [5, 5.41) is 30.8. The van der Waals surface area contributed by atoms with Crippen LogP contribution < -0.4 is 0 Å². The van der Waals surface area contributed by atoms with Crippen LogP contribution in [0.3, 0.4) is 0 Å².